The summed E-state index contributed by atoms with van der Waals surface area (Å²) in [6.07, 6.45) is 0. The molecule has 16 rings (SSSR count). The molecule has 0 unspecified atom stereocenters. The van der Waals surface area contributed by atoms with Crippen LogP contribution in [0.25, 0.3) is 155 Å². The maximum Gasteiger partial charge on any atom is 0.166 e. The van der Waals surface area contributed by atoms with E-state index in [0.29, 0.717) is 23.0 Å². The fourth-order valence-corrected chi connectivity index (χ4v) is 14.0. The van der Waals surface area contributed by atoms with Crippen LogP contribution >= 0.6 is 0 Å². The molecular weight excluding hydrogens is 1150 g/mol. The van der Waals surface area contributed by atoms with Crippen LogP contribution in [0.2, 0.25) is 0 Å². The lowest BCUT2D eigenvalue weighted by atomic mass is 9.79. The summed E-state index contributed by atoms with van der Waals surface area (Å²) < 4.78 is 18.5. The highest BCUT2D eigenvalue weighted by Crippen LogP contribution is 2.47. The monoisotopic (exact) mass is 1220 g/mol. The first-order valence-electron chi connectivity index (χ1n) is 32.6. The van der Waals surface area contributed by atoms with E-state index < -0.39 is 0 Å². The predicted octanol–water partition coefficient (Wildman–Crippen LogP) is 23.3. The molecule has 0 N–H and O–H groups in total. The second-order valence-electron chi connectivity index (χ2n) is 29.6. The molecule has 94 heavy (non-hydrogen) atoms. The third-order valence-corrected chi connectivity index (χ3v) is 19.2. The summed E-state index contributed by atoms with van der Waals surface area (Å²) in [4.78, 5) is 17.3. The molecule has 0 spiro atoms. The minimum absolute atomic E-state index is 0.183. The maximum absolute atomic E-state index is 10.3. The summed E-state index contributed by atoms with van der Waals surface area (Å²) in [5.74, 6) is 1.69. The van der Waals surface area contributed by atoms with E-state index in [1.54, 1.807) is 0 Å². The highest BCUT2D eigenvalue weighted by Gasteiger charge is 2.29. The number of benzene rings is 11. The molecule has 0 aliphatic carbocycles. The van der Waals surface area contributed by atoms with E-state index in [1.165, 1.54) is 22.3 Å². The summed E-state index contributed by atoms with van der Waals surface area (Å²) in [5.41, 5.74) is 20.4. The molecule has 0 bridgehead atoms. The normalized spacial score (nSPS) is 12.7. The van der Waals surface area contributed by atoms with Crippen LogP contribution in [-0.2, 0) is 21.7 Å². The number of nitriles is 1. The molecule has 11 aromatic carbocycles. The van der Waals surface area contributed by atoms with Gasteiger partial charge < -0.3 is 18.0 Å². The number of aromatic nitrogens is 5. The molecule has 8 heteroatoms. The first-order valence-corrected chi connectivity index (χ1v) is 32.6. The van der Waals surface area contributed by atoms with Crippen LogP contribution in [0, 0.1) is 11.3 Å². The molecule has 0 aliphatic heterocycles. The van der Waals surface area contributed by atoms with Crippen molar-refractivity contribution >= 4 is 87.5 Å². The van der Waals surface area contributed by atoms with Crippen molar-refractivity contribution in [3.63, 3.8) is 0 Å². The van der Waals surface area contributed by atoms with Gasteiger partial charge in [-0.25, -0.2) is 15.0 Å². The first kappa shape index (κ1) is 58.2. The Balaban J connectivity index is 1.04. The van der Waals surface area contributed by atoms with Crippen LogP contribution in [0.3, 0.4) is 0 Å². The Morgan fingerprint density at radius 3 is 1.19 bits per heavy atom. The van der Waals surface area contributed by atoms with Crippen molar-refractivity contribution in [3.8, 4) is 73.9 Å². The van der Waals surface area contributed by atoms with Gasteiger partial charge in [0.15, 0.2) is 17.5 Å². The average molecular weight is 1220 g/mol. The number of nitrogens with zero attached hydrogens (tertiary/aromatic N) is 6. The molecule has 5 heterocycles. The van der Waals surface area contributed by atoms with Gasteiger partial charge in [0.05, 0.1) is 55.8 Å². The van der Waals surface area contributed by atoms with Gasteiger partial charge in [-0.05, 0) is 170 Å². The van der Waals surface area contributed by atoms with Crippen molar-refractivity contribution < 1.29 is 8.83 Å². The minimum atomic E-state index is -0.183. The van der Waals surface area contributed by atoms with E-state index in [2.05, 4.69) is 286 Å². The summed E-state index contributed by atoms with van der Waals surface area (Å²) in [5, 5.41) is 18.8. The minimum Gasteiger partial charge on any atom is -0.455 e. The number of furan rings is 2. The Bertz CT molecular complexity index is 5710. The van der Waals surface area contributed by atoms with Crippen molar-refractivity contribution in [2.45, 2.75) is 105 Å². The van der Waals surface area contributed by atoms with E-state index in [9.17, 15) is 5.26 Å². The topological polar surface area (TPSA) is 98.6 Å². The summed E-state index contributed by atoms with van der Waals surface area (Å²) >= 11 is 0. The fourth-order valence-electron chi connectivity index (χ4n) is 14.0. The van der Waals surface area contributed by atoms with Crippen molar-refractivity contribution in [2.75, 3.05) is 0 Å². The number of hydrogen-bond donors (Lipinski definition) is 0. The van der Waals surface area contributed by atoms with Crippen molar-refractivity contribution in [3.05, 3.63) is 246 Å². The smallest absolute Gasteiger partial charge is 0.166 e. The van der Waals surface area contributed by atoms with Crippen molar-refractivity contribution in [1.29, 1.82) is 5.26 Å². The van der Waals surface area contributed by atoms with Gasteiger partial charge in [0.25, 0.3) is 0 Å². The largest absolute Gasteiger partial charge is 0.455 e. The standard InChI is InChI=1S/C86H72N6O2/c1-83(2,3)56-41-54(42-57(47-56)84(4,5)6)80-88-81(55-43-58(85(7,8)9)48-59(44-55)86(10,11)12)90-82(89-80)67-46-53(33-37-71(67)92-69-29-18-14-27-65(69)77-73(92)39-35-63-61-25-16-20-31-75(61)94-79(63)77)66-45-52(51-23-21-22-50(40-51)49-87)32-36-70(66)91-68-28-17-13-26-64(68)76-72(91)38-34-62-60-24-15-19-30-74(60)93-78(62)76/h13-48H,1-12H3. The van der Waals surface area contributed by atoms with Gasteiger partial charge in [0, 0.05) is 54.6 Å². The molecule has 0 saturated carbocycles. The van der Waals surface area contributed by atoms with Crippen molar-refractivity contribution in [1.82, 2.24) is 24.1 Å². The molecular formula is C86H72N6O2. The Hall–Kier alpha value is -10.9. The van der Waals surface area contributed by atoms with E-state index in [0.717, 1.165) is 138 Å². The van der Waals surface area contributed by atoms with Gasteiger partial charge in [-0.1, -0.05) is 192 Å². The van der Waals surface area contributed by atoms with E-state index in [4.69, 9.17) is 23.8 Å². The molecule has 0 fully saturated rings. The van der Waals surface area contributed by atoms with E-state index in [-0.39, 0.29) is 21.7 Å². The zero-order valence-corrected chi connectivity index (χ0v) is 55.3. The number of hydrogen-bond acceptors (Lipinski definition) is 6. The average Bonchev–Trinajstić information content (AvgIpc) is 1.55. The number of rotatable bonds is 7. The van der Waals surface area contributed by atoms with Gasteiger partial charge in [-0.3, -0.25) is 0 Å². The highest BCUT2D eigenvalue weighted by molar-refractivity contribution is 6.25. The van der Waals surface area contributed by atoms with Crippen LogP contribution < -0.4 is 0 Å². The summed E-state index contributed by atoms with van der Waals surface area (Å²) in [7, 11) is 0. The third kappa shape index (κ3) is 9.58. The molecule has 16 aromatic rings. The van der Waals surface area contributed by atoms with Crippen LogP contribution in [0.4, 0.5) is 0 Å². The lowest BCUT2D eigenvalue weighted by Crippen LogP contribution is -2.17. The maximum atomic E-state index is 10.3. The zero-order valence-electron chi connectivity index (χ0n) is 55.3. The van der Waals surface area contributed by atoms with Gasteiger partial charge in [0.2, 0.25) is 0 Å². The van der Waals surface area contributed by atoms with Crippen LogP contribution in [0.1, 0.15) is 111 Å². The second kappa shape index (κ2) is 21.1. The van der Waals surface area contributed by atoms with Gasteiger partial charge in [0.1, 0.15) is 22.3 Å². The van der Waals surface area contributed by atoms with E-state index >= 15 is 0 Å². The molecule has 458 valence electrons. The van der Waals surface area contributed by atoms with Gasteiger partial charge >= 0.3 is 0 Å². The lowest BCUT2D eigenvalue weighted by Gasteiger charge is -2.26. The SMILES string of the molecule is CC(C)(C)c1cc(-c2nc(-c3cc(C(C)(C)C)cc(C(C)(C)C)c3)nc(-c3cc(-c4cc(-c5cccc(C#N)c5)ccc4-n4c5ccccc5c5c6oc7ccccc7c6ccc54)ccc3-n3c4ccccc4c4c5oc6ccccc6c5ccc43)n2)cc(C(C)(C)C)c1. The molecule has 5 aromatic heterocycles. The quantitative estimate of drug-likeness (QED) is 0.158. The van der Waals surface area contributed by atoms with E-state index in [1.807, 2.05) is 30.3 Å². The van der Waals surface area contributed by atoms with Crippen molar-refractivity contribution in [2.24, 2.45) is 0 Å². The predicted molar refractivity (Wildman–Crippen MR) is 390 cm³/mol. The molecule has 0 saturated heterocycles. The lowest BCUT2D eigenvalue weighted by molar-refractivity contribution is 0.568. The Labute approximate surface area is 547 Å². The van der Waals surface area contributed by atoms with Gasteiger partial charge in [-0.15, -0.1) is 0 Å². The summed E-state index contributed by atoms with van der Waals surface area (Å²) in [6, 6.07) is 80.5. The van der Waals surface area contributed by atoms with Crippen LogP contribution in [0.5, 0.6) is 0 Å². The van der Waals surface area contributed by atoms with Gasteiger partial charge in [-0.2, -0.15) is 5.26 Å². The molecule has 0 radical (unpaired) electrons. The highest BCUT2D eigenvalue weighted by atomic mass is 16.3. The number of fused-ring (bicyclic) bond motifs is 14. The molecule has 8 nitrogen and oxygen atoms in total. The zero-order chi connectivity index (χ0) is 64.9. The summed E-state index contributed by atoms with van der Waals surface area (Å²) in [6.45, 7) is 27.3. The third-order valence-electron chi connectivity index (χ3n) is 19.2. The molecule has 0 aliphatic rings. The van der Waals surface area contributed by atoms with Crippen LogP contribution in [-0.4, -0.2) is 24.1 Å². The fraction of sp³-hybridized carbons (Fsp3) is 0.186. The molecule has 0 atom stereocenters. The Morgan fingerprint density at radius 2 is 0.723 bits per heavy atom. The first-order chi connectivity index (χ1) is 45.0. The molecule has 0 amide bonds. The Kier molecular flexibility index (Phi) is 13.1. The van der Waals surface area contributed by atoms with Crippen LogP contribution in [0.15, 0.2) is 227 Å². The number of para-hydroxylation sites is 4. The second-order valence-corrected chi connectivity index (χ2v) is 29.6. The Morgan fingerprint density at radius 1 is 0.319 bits per heavy atom.